The van der Waals surface area contributed by atoms with Crippen molar-refractivity contribution in [1.82, 2.24) is 9.97 Å². The van der Waals surface area contributed by atoms with Gasteiger partial charge in [-0.25, -0.2) is 22.8 Å². The van der Waals surface area contributed by atoms with Crippen LogP contribution in [0.15, 0.2) is 6.33 Å². The van der Waals surface area contributed by atoms with E-state index in [1.54, 1.807) is 6.92 Å². The number of aryl methyl sites for hydroxylation is 1. The molecule has 0 aliphatic heterocycles. The number of aromatic nitrogens is 2. The lowest BCUT2D eigenvalue weighted by atomic mass is 10.3. The van der Waals surface area contributed by atoms with Gasteiger partial charge in [0.1, 0.15) is 16.2 Å². The van der Waals surface area contributed by atoms with Crippen LogP contribution in [0.1, 0.15) is 19.0 Å². The van der Waals surface area contributed by atoms with E-state index in [9.17, 15) is 12.8 Å². The molecule has 0 radical (unpaired) electrons. The highest BCUT2D eigenvalue weighted by Gasteiger charge is 2.09. The Morgan fingerprint density at radius 1 is 1.41 bits per heavy atom. The second-order valence-corrected chi connectivity index (χ2v) is 6.01. The number of nitrogens with zero attached hydrogens (tertiary/aromatic N) is 2. The topological polar surface area (TPSA) is 72.0 Å². The predicted octanol–water partition coefficient (Wildman–Crippen LogP) is 1.02. The molecule has 0 aliphatic rings. The summed E-state index contributed by atoms with van der Waals surface area (Å²) in [4.78, 5) is 7.58. The Bertz CT molecular complexity index is 476. The zero-order valence-corrected chi connectivity index (χ0v) is 10.7. The fourth-order valence-corrected chi connectivity index (χ4v) is 1.99. The van der Waals surface area contributed by atoms with E-state index in [0.29, 0.717) is 25.1 Å². The van der Waals surface area contributed by atoms with Crippen molar-refractivity contribution in [2.45, 2.75) is 19.8 Å². The SMILES string of the molecule is CCc1ncnc(NCCCS(C)(=O)=O)c1F. The molecule has 1 N–H and O–H groups in total. The summed E-state index contributed by atoms with van der Waals surface area (Å²) < 4.78 is 35.4. The van der Waals surface area contributed by atoms with E-state index in [4.69, 9.17) is 0 Å². The maximum absolute atomic E-state index is 13.6. The zero-order valence-electron chi connectivity index (χ0n) is 9.90. The molecule has 0 bridgehead atoms. The predicted molar refractivity (Wildman–Crippen MR) is 64.2 cm³/mol. The minimum Gasteiger partial charge on any atom is -0.367 e. The smallest absolute Gasteiger partial charge is 0.186 e. The molecule has 17 heavy (non-hydrogen) atoms. The van der Waals surface area contributed by atoms with Gasteiger partial charge in [-0.3, -0.25) is 0 Å². The summed E-state index contributed by atoms with van der Waals surface area (Å²) in [5, 5.41) is 2.77. The highest BCUT2D eigenvalue weighted by molar-refractivity contribution is 7.90. The van der Waals surface area contributed by atoms with Gasteiger partial charge >= 0.3 is 0 Å². The van der Waals surface area contributed by atoms with Crippen LogP contribution in [-0.4, -0.2) is 36.9 Å². The summed E-state index contributed by atoms with van der Waals surface area (Å²) in [7, 11) is -2.97. The van der Waals surface area contributed by atoms with Gasteiger partial charge in [0.2, 0.25) is 0 Å². The quantitative estimate of drug-likeness (QED) is 0.774. The van der Waals surface area contributed by atoms with Gasteiger partial charge in [-0.05, 0) is 12.8 Å². The van der Waals surface area contributed by atoms with E-state index in [1.807, 2.05) is 0 Å². The van der Waals surface area contributed by atoms with Gasteiger partial charge < -0.3 is 5.32 Å². The van der Waals surface area contributed by atoms with Crippen LogP contribution in [0, 0.1) is 5.82 Å². The maximum atomic E-state index is 13.6. The molecule has 1 heterocycles. The van der Waals surface area contributed by atoms with Crippen LogP contribution in [0.5, 0.6) is 0 Å². The van der Waals surface area contributed by atoms with Gasteiger partial charge in [-0.1, -0.05) is 6.92 Å². The standard InChI is InChI=1S/C10H16FN3O2S/c1-3-8-9(11)10(14-7-13-8)12-5-4-6-17(2,15)16/h7H,3-6H2,1-2H3,(H,12,13,14). The molecule has 0 aromatic carbocycles. The molecular weight excluding hydrogens is 245 g/mol. The Morgan fingerprint density at radius 3 is 2.71 bits per heavy atom. The van der Waals surface area contributed by atoms with Crippen molar-refractivity contribution in [2.75, 3.05) is 23.9 Å². The fraction of sp³-hybridized carbons (Fsp3) is 0.600. The maximum Gasteiger partial charge on any atom is 0.186 e. The van der Waals surface area contributed by atoms with Crippen LogP contribution in [0.2, 0.25) is 0 Å². The van der Waals surface area contributed by atoms with Crippen molar-refractivity contribution >= 4 is 15.7 Å². The number of anilines is 1. The van der Waals surface area contributed by atoms with Crippen molar-refractivity contribution < 1.29 is 12.8 Å². The summed E-state index contributed by atoms with van der Waals surface area (Å²) in [6.07, 6.45) is 3.38. The van der Waals surface area contributed by atoms with Gasteiger partial charge in [-0.15, -0.1) is 0 Å². The summed E-state index contributed by atoms with van der Waals surface area (Å²) in [5.74, 6) is -0.257. The lowest BCUT2D eigenvalue weighted by Gasteiger charge is -2.07. The van der Waals surface area contributed by atoms with Crippen LogP contribution in [0.3, 0.4) is 0 Å². The van der Waals surface area contributed by atoms with Gasteiger partial charge in [0, 0.05) is 12.8 Å². The normalized spacial score (nSPS) is 11.5. The highest BCUT2D eigenvalue weighted by atomic mass is 32.2. The molecule has 0 atom stereocenters. The molecule has 0 fully saturated rings. The Balaban J connectivity index is 2.52. The third-order valence-electron chi connectivity index (χ3n) is 2.18. The average Bonchev–Trinajstić information content (AvgIpc) is 2.25. The first-order valence-corrected chi connectivity index (χ1v) is 7.41. The molecule has 7 heteroatoms. The molecule has 96 valence electrons. The summed E-state index contributed by atoms with van der Waals surface area (Å²) in [5.41, 5.74) is 0.352. The molecule has 0 saturated heterocycles. The van der Waals surface area contributed by atoms with Crippen LogP contribution in [0.25, 0.3) is 0 Å². The van der Waals surface area contributed by atoms with Gasteiger partial charge in [0.25, 0.3) is 0 Å². The van der Waals surface area contributed by atoms with Gasteiger partial charge in [-0.2, -0.15) is 0 Å². The Hall–Kier alpha value is -1.24. The third-order valence-corrected chi connectivity index (χ3v) is 3.21. The van der Waals surface area contributed by atoms with Crippen molar-refractivity contribution in [2.24, 2.45) is 0 Å². The molecule has 0 saturated carbocycles. The number of hydrogen-bond donors (Lipinski definition) is 1. The second kappa shape index (κ2) is 5.90. The molecule has 1 aromatic rings. The van der Waals surface area contributed by atoms with E-state index >= 15 is 0 Å². The number of rotatable bonds is 6. The lowest BCUT2D eigenvalue weighted by molar-refractivity contribution is 0.595. The molecule has 0 unspecified atom stereocenters. The van der Waals surface area contributed by atoms with Gasteiger partial charge in [0.15, 0.2) is 11.6 Å². The number of nitrogens with one attached hydrogen (secondary N) is 1. The zero-order chi connectivity index (χ0) is 12.9. The number of sulfone groups is 1. The van der Waals surface area contributed by atoms with Crippen molar-refractivity contribution in [1.29, 1.82) is 0 Å². The monoisotopic (exact) mass is 261 g/mol. The second-order valence-electron chi connectivity index (χ2n) is 3.75. The van der Waals surface area contributed by atoms with E-state index in [1.165, 1.54) is 12.6 Å². The summed E-state index contributed by atoms with van der Waals surface area (Å²) in [6, 6.07) is 0. The molecule has 0 spiro atoms. The fourth-order valence-electron chi connectivity index (χ4n) is 1.32. The summed E-state index contributed by atoms with van der Waals surface area (Å²) >= 11 is 0. The van der Waals surface area contributed by atoms with Crippen LogP contribution >= 0.6 is 0 Å². The van der Waals surface area contributed by atoms with Crippen LogP contribution in [-0.2, 0) is 16.3 Å². The highest BCUT2D eigenvalue weighted by Crippen LogP contribution is 2.12. The Morgan fingerprint density at radius 2 is 2.12 bits per heavy atom. The van der Waals surface area contributed by atoms with Crippen molar-refractivity contribution in [3.8, 4) is 0 Å². The summed E-state index contributed by atoms with van der Waals surface area (Å²) in [6.45, 7) is 2.17. The largest absolute Gasteiger partial charge is 0.367 e. The Labute approximate surface area is 100 Å². The first-order valence-electron chi connectivity index (χ1n) is 5.35. The van der Waals surface area contributed by atoms with E-state index in [2.05, 4.69) is 15.3 Å². The minimum absolute atomic E-state index is 0.0767. The van der Waals surface area contributed by atoms with E-state index in [0.717, 1.165) is 0 Å². The molecule has 0 aliphatic carbocycles. The molecule has 5 nitrogen and oxygen atoms in total. The van der Waals surface area contributed by atoms with Crippen LogP contribution in [0.4, 0.5) is 10.2 Å². The first-order chi connectivity index (χ1) is 7.94. The van der Waals surface area contributed by atoms with Crippen LogP contribution < -0.4 is 5.32 Å². The van der Waals surface area contributed by atoms with Gasteiger partial charge in [0.05, 0.1) is 11.4 Å². The van der Waals surface area contributed by atoms with E-state index in [-0.39, 0.29) is 11.6 Å². The lowest BCUT2D eigenvalue weighted by Crippen LogP contribution is -2.12. The van der Waals surface area contributed by atoms with Crippen molar-refractivity contribution in [3.05, 3.63) is 17.8 Å². The number of halogens is 1. The number of hydrogen-bond acceptors (Lipinski definition) is 5. The van der Waals surface area contributed by atoms with Crippen molar-refractivity contribution in [3.63, 3.8) is 0 Å². The molecule has 0 amide bonds. The molecule has 1 rings (SSSR count). The molecule has 1 aromatic heterocycles. The average molecular weight is 261 g/mol. The first kappa shape index (κ1) is 13.8. The third kappa shape index (κ3) is 4.64. The molecular formula is C10H16FN3O2S. The Kier molecular flexibility index (Phi) is 4.80. The van der Waals surface area contributed by atoms with E-state index < -0.39 is 15.7 Å². The minimum atomic E-state index is -2.97.